The molecule has 3 rings (SSSR count). The average molecular weight is 327 g/mol. The monoisotopic (exact) mass is 327 g/mol. The molecule has 0 N–H and O–H groups in total. The second-order valence-corrected chi connectivity index (χ2v) is 6.28. The number of amides is 1. The lowest BCUT2D eigenvalue weighted by Crippen LogP contribution is -2.37. The Labute approximate surface area is 143 Å². The third kappa shape index (κ3) is 4.23. The highest BCUT2D eigenvalue weighted by atomic mass is 16.5. The maximum atomic E-state index is 12.5. The molecule has 0 fully saturated rings. The first kappa shape index (κ1) is 16.7. The van der Waals surface area contributed by atoms with Gasteiger partial charge in [0.15, 0.2) is 0 Å². The molecule has 1 atom stereocenters. The van der Waals surface area contributed by atoms with Gasteiger partial charge in [0.1, 0.15) is 0 Å². The Morgan fingerprint density at radius 3 is 3.00 bits per heavy atom. The molecule has 2 aromatic rings. The van der Waals surface area contributed by atoms with Crippen molar-refractivity contribution in [3.8, 4) is 0 Å². The van der Waals surface area contributed by atoms with Crippen LogP contribution >= 0.6 is 0 Å². The summed E-state index contributed by atoms with van der Waals surface area (Å²) >= 11 is 0. The minimum atomic E-state index is -0.0220. The quantitative estimate of drug-likeness (QED) is 0.819. The molecule has 2 aromatic heterocycles. The van der Waals surface area contributed by atoms with E-state index in [0.717, 1.165) is 25.1 Å². The van der Waals surface area contributed by atoms with Gasteiger partial charge < -0.3 is 14.2 Å². The number of aromatic nitrogens is 2. The standard InChI is InChI=1S/C19H25N3O2/c1-2-3-9-19(23)22-12-17-8-6-11-21(17)13-18(14-22)24-15-16-7-4-5-10-20-16/h4-8,10-11,18H,2-3,9,12-15H2,1H3/t18-/m1/s1. The minimum Gasteiger partial charge on any atom is -0.368 e. The number of unbranched alkanes of at least 4 members (excludes halogenated alkanes) is 1. The predicted molar refractivity (Wildman–Crippen MR) is 92.2 cm³/mol. The zero-order chi connectivity index (χ0) is 16.8. The van der Waals surface area contributed by atoms with E-state index in [1.165, 1.54) is 5.69 Å². The predicted octanol–water partition coefficient (Wildman–Crippen LogP) is 3.00. The first-order chi connectivity index (χ1) is 11.8. The molecule has 1 amide bonds. The van der Waals surface area contributed by atoms with Crippen LogP contribution in [0.15, 0.2) is 42.7 Å². The van der Waals surface area contributed by atoms with Gasteiger partial charge in [0.05, 0.1) is 31.5 Å². The molecule has 5 nitrogen and oxygen atoms in total. The summed E-state index contributed by atoms with van der Waals surface area (Å²) in [6.45, 7) is 4.65. The summed E-state index contributed by atoms with van der Waals surface area (Å²) in [7, 11) is 0. The lowest BCUT2D eigenvalue weighted by atomic mass is 10.2. The molecule has 3 heterocycles. The molecule has 0 spiro atoms. The maximum absolute atomic E-state index is 12.5. The molecule has 24 heavy (non-hydrogen) atoms. The van der Waals surface area contributed by atoms with Crippen LogP contribution in [0.2, 0.25) is 0 Å². The molecular formula is C19H25N3O2. The minimum absolute atomic E-state index is 0.0220. The first-order valence-corrected chi connectivity index (χ1v) is 8.69. The van der Waals surface area contributed by atoms with E-state index in [2.05, 4.69) is 28.7 Å². The van der Waals surface area contributed by atoms with Crippen molar-refractivity contribution >= 4 is 5.91 Å². The Hall–Kier alpha value is -2.14. The Morgan fingerprint density at radius 2 is 2.21 bits per heavy atom. The Morgan fingerprint density at radius 1 is 1.29 bits per heavy atom. The van der Waals surface area contributed by atoms with E-state index < -0.39 is 0 Å². The third-order valence-corrected chi connectivity index (χ3v) is 4.39. The van der Waals surface area contributed by atoms with Crippen LogP contribution in [-0.4, -0.2) is 33.0 Å². The number of carbonyl (C=O) groups excluding carboxylic acids is 1. The highest BCUT2D eigenvalue weighted by molar-refractivity contribution is 5.76. The molecule has 0 unspecified atom stereocenters. The molecule has 0 radical (unpaired) electrons. The third-order valence-electron chi connectivity index (χ3n) is 4.39. The molecule has 0 aliphatic carbocycles. The van der Waals surface area contributed by atoms with Gasteiger partial charge in [0, 0.05) is 31.1 Å². The van der Waals surface area contributed by atoms with Crippen LogP contribution in [0.4, 0.5) is 0 Å². The number of carbonyl (C=O) groups is 1. The zero-order valence-electron chi connectivity index (χ0n) is 14.2. The Kier molecular flexibility index (Phi) is 5.64. The van der Waals surface area contributed by atoms with Gasteiger partial charge in [-0.1, -0.05) is 19.4 Å². The van der Waals surface area contributed by atoms with E-state index in [0.29, 0.717) is 26.1 Å². The summed E-state index contributed by atoms with van der Waals surface area (Å²) < 4.78 is 8.27. The lowest BCUT2D eigenvalue weighted by molar-refractivity contribution is -0.134. The van der Waals surface area contributed by atoms with Gasteiger partial charge in [-0.05, 0) is 30.7 Å². The SMILES string of the molecule is CCCCC(=O)N1Cc2cccn2C[C@@H](OCc2ccccn2)C1. The second kappa shape index (κ2) is 8.11. The number of pyridine rings is 1. The fourth-order valence-electron chi connectivity index (χ4n) is 3.02. The smallest absolute Gasteiger partial charge is 0.223 e. The first-order valence-electron chi connectivity index (χ1n) is 8.69. The van der Waals surface area contributed by atoms with Crippen LogP contribution in [-0.2, 0) is 29.2 Å². The molecule has 0 bridgehead atoms. The van der Waals surface area contributed by atoms with E-state index in [1.807, 2.05) is 29.2 Å². The van der Waals surface area contributed by atoms with E-state index in [4.69, 9.17) is 4.74 Å². The van der Waals surface area contributed by atoms with E-state index in [-0.39, 0.29) is 12.0 Å². The molecule has 128 valence electrons. The fourth-order valence-corrected chi connectivity index (χ4v) is 3.02. The second-order valence-electron chi connectivity index (χ2n) is 6.28. The van der Waals surface area contributed by atoms with E-state index in [9.17, 15) is 4.79 Å². The number of ether oxygens (including phenoxy) is 1. The Bertz CT molecular complexity index is 654. The van der Waals surface area contributed by atoms with Crippen molar-refractivity contribution in [2.24, 2.45) is 0 Å². The van der Waals surface area contributed by atoms with Gasteiger partial charge >= 0.3 is 0 Å². The van der Waals surface area contributed by atoms with Crippen LogP contribution in [0, 0.1) is 0 Å². The summed E-state index contributed by atoms with van der Waals surface area (Å²) in [6.07, 6.45) is 6.41. The summed E-state index contributed by atoms with van der Waals surface area (Å²) in [6, 6.07) is 9.94. The molecule has 5 heteroatoms. The van der Waals surface area contributed by atoms with E-state index in [1.54, 1.807) is 6.20 Å². The normalized spacial score (nSPS) is 17.4. The van der Waals surface area contributed by atoms with Crippen LogP contribution in [0.3, 0.4) is 0 Å². The number of rotatable bonds is 6. The highest BCUT2D eigenvalue weighted by Crippen LogP contribution is 2.17. The number of fused-ring (bicyclic) bond motifs is 1. The fraction of sp³-hybridized carbons (Fsp3) is 0.474. The van der Waals surface area contributed by atoms with E-state index >= 15 is 0 Å². The summed E-state index contributed by atoms with van der Waals surface area (Å²) in [5, 5.41) is 0. The van der Waals surface area contributed by atoms with Gasteiger partial charge in [0.2, 0.25) is 5.91 Å². The van der Waals surface area contributed by atoms with Crippen LogP contribution in [0.1, 0.15) is 37.6 Å². The summed E-state index contributed by atoms with van der Waals surface area (Å²) in [5.41, 5.74) is 2.09. The summed E-state index contributed by atoms with van der Waals surface area (Å²) in [4.78, 5) is 18.8. The van der Waals surface area contributed by atoms with Gasteiger partial charge in [-0.2, -0.15) is 0 Å². The molecule has 0 saturated heterocycles. The van der Waals surface area contributed by atoms with Crippen molar-refractivity contribution in [2.45, 2.75) is 52.0 Å². The number of hydrogen-bond acceptors (Lipinski definition) is 3. The van der Waals surface area contributed by atoms with Gasteiger partial charge in [-0.25, -0.2) is 0 Å². The van der Waals surface area contributed by atoms with Gasteiger partial charge in [-0.3, -0.25) is 9.78 Å². The van der Waals surface area contributed by atoms with Crippen molar-refractivity contribution in [1.82, 2.24) is 14.5 Å². The topological polar surface area (TPSA) is 47.4 Å². The maximum Gasteiger partial charge on any atom is 0.223 e. The van der Waals surface area contributed by atoms with Crippen molar-refractivity contribution in [2.75, 3.05) is 6.54 Å². The number of nitrogens with zero attached hydrogens (tertiary/aromatic N) is 3. The van der Waals surface area contributed by atoms with Crippen molar-refractivity contribution < 1.29 is 9.53 Å². The Balaban J connectivity index is 1.68. The molecule has 0 aromatic carbocycles. The average Bonchev–Trinajstić information content (AvgIpc) is 2.96. The van der Waals surface area contributed by atoms with Crippen molar-refractivity contribution in [3.63, 3.8) is 0 Å². The van der Waals surface area contributed by atoms with Crippen LogP contribution in [0.5, 0.6) is 0 Å². The molecule has 1 aliphatic rings. The molecule has 0 saturated carbocycles. The zero-order valence-corrected chi connectivity index (χ0v) is 14.2. The lowest BCUT2D eigenvalue weighted by Gasteiger charge is -2.24. The van der Waals surface area contributed by atoms with Crippen molar-refractivity contribution in [1.29, 1.82) is 0 Å². The molecule has 1 aliphatic heterocycles. The van der Waals surface area contributed by atoms with Gasteiger partial charge in [-0.15, -0.1) is 0 Å². The van der Waals surface area contributed by atoms with Crippen LogP contribution in [0.25, 0.3) is 0 Å². The summed E-state index contributed by atoms with van der Waals surface area (Å²) in [5.74, 6) is 0.220. The molecular weight excluding hydrogens is 302 g/mol. The largest absolute Gasteiger partial charge is 0.368 e. The van der Waals surface area contributed by atoms with Gasteiger partial charge in [0.25, 0.3) is 0 Å². The number of hydrogen-bond donors (Lipinski definition) is 0. The van der Waals surface area contributed by atoms with Crippen molar-refractivity contribution in [3.05, 3.63) is 54.1 Å². The highest BCUT2D eigenvalue weighted by Gasteiger charge is 2.25. The van der Waals surface area contributed by atoms with Crippen LogP contribution < -0.4 is 0 Å².